The fourth-order valence-electron chi connectivity index (χ4n) is 3.05. The van der Waals surface area contributed by atoms with E-state index in [1.807, 2.05) is 19.1 Å². The Morgan fingerprint density at radius 2 is 1.59 bits per heavy atom. The van der Waals surface area contributed by atoms with E-state index < -0.39 is 9.84 Å². The van der Waals surface area contributed by atoms with Gasteiger partial charge in [0.25, 0.3) is 5.56 Å². The van der Waals surface area contributed by atoms with E-state index >= 15 is 0 Å². The van der Waals surface area contributed by atoms with Crippen molar-refractivity contribution < 1.29 is 13.2 Å². The van der Waals surface area contributed by atoms with Crippen molar-refractivity contribution in [3.8, 4) is 5.75 Å². The molecule has 29 heavy (non-hydrogen) atoms. The van der Waals surface area contributed by atoms with Crippen molar-refractivity contribution in [2.75, 3.05) is 0 Å². The van der Waals surface area contributed by atoms with Crippen molar-refractivity contribution in [2.45, 2.75) is 23.3 Å². The lowest BCUT2D eigenvalue weighted by atomic mass is 10.3. The highest BCUT2D eigenvalue weighted by molar-refractivity contribution is 7.91. The smallest absolute Gasteiger partial charge is 0.258 e. The SMILES string of the molecule is Cc1cccc2nc(COc3ccc(S(=O)(=O)c4ccccc4)cc3)cc(=O)n12. The minimum Gasteiger partial charge on any atom is -0.487 e. The molecule has 0 aliphatic rings. The van der Waals surface area contributed by atoms with Gasteiger partial charge in [-0.05, 0) is 55.5 Å². The predicted octanol–water partition coefficient (Wildman–Crippen LogP) is 3.41. The normalized spacial score (nSPS) is 11.5. The molecule has 6 nitrogen and oxygen atoms in total. The lowest BCUT2D eigenvalue weighted by Gasteiger charge is -2.09. The maximum Gasteiger partial charge on any atom is 0.258 e. The molecule has 4 aromatic rings. The summed E-state index contributed by atoms with van der Waals surface area (Å²) in [4.78, 5) is 17.2. The number of pyridine rings is 1. The molecule has 4 rings (SSSR count). The largest absolute Gasteiger partial charge is 0.487 e. The molecule has 0 N–H and O–H groups in total. The second-order valence-electron chi connectivity index (χ2n) is 6.52. The molecular formula is C22H18N2O4S. The number of ether oxygens (including phenoxy) is 1. The van der Waals surface area contributed by atoms with Gasteiger partial charge in [-0.1, -0.05) is 24.3 Å². The van der Waals surface area contributed by atoms with E-state index in [2.05, 4.69) is 4.98 Å². The van der Waals surface area contributed by atoms with E-state index in [9.17, 15) is 13.2 Å². The van der Waals surface area contributed by atoms with Crippen LogP contribution in [0.4, 0.5) is 0 Å². The van der Waals surface area contributed by atoms with Crippen molar-refractivity contribution in [1.29, 1.82) is 0 Å². The van der Waals surface area contributed by atoms with Gasteiger partial charge in [0.15, 0.2) is 0 Å². The van der Waals surface area contributed by atoms with Crippen LogP contribution in [-0.2, 0) is 16.4 Å². The van der Waals surface area contributed by atoms with Crippen molar-refractivity contribution in [3.63, 3.8) is 0 Å². The lowest BCUT2D eigenvalue weighted by Crippen LogP contribution is -2.18. The molecular weight excluding hydrogens is 388 g/mol. The van der Waals surface area contributed by atoms with Crippen molar-refractivity contribution in [1.82, 2.24) is 9.38 Å². The number of fused-ring (bicyclic) bond motifs is 1. The molecule has 2 aromatic carbocycles. The number of hydrogen-bond acceptors (Lipinski definition) is 5. The maximum atomic E-state index is 12.6. The first-order chi connectivity index (χ1) is 13.9. The zero-order valence-electron chi connectivity index (χ0n) is 15.6. The highest BCUT2D eigenvalue weighted by Gasteiger charge is 2.17. The monoisotopic (exact) mass is 406 g/mol. The maximum absolute atomic E-state index is 12.6. The summed E-state index contributed by atoms with van der Waals surface area (Å²) in [6, 6.07) is 21.3. The van der Waals surface area contributed by atoms with Crippen LogP contribution in [0.15, 0.2) is 93.4 Å². The molecule has 0 atom stereocenters. The summed E-state index contributed by atoms with van der Waals surface area (Å²) in [5.74, 6) is 0.489. The van der Waals surface area contributed by atoms with Gasteiger partial charge in [0.1, 0.15) is 18.0 Å². The number of rotatable bonds is 5. The summed E-state index contributed by atoms with van der Waals surface area (Å²) in [7, 11) is -3.57. The average molecular weight is 406 g/mol. The van der Waals surface area contributed by atoms with Crippen LogP contribution >= 0.6 is 0 Å². The molecule has 0 saturated heterocycles. The van der Waals surface area contributed by atoms with Gasteiger partial charge in [0.05, 0.1) is 15.5 Å². The quantitative estimate of drug-likeness (QED) is 0.508. The summed E-state index contributed by atoms with van der Waals surface area (Å²) in [5, 5.41) is 0. The minimum atomic E-state index is -3.57. The standard InChI is InChI=1S/C22H18N2O4S/c1-16-6-5-9-21-23-17(14-22(25)24(16)21)15-28-18-10-12-20(13-11-18)29(26,27)19-7-3-2-4-8-19/h2-14H,15H2,1H3. The molecule has 0 spiro atoms. The Labute approximate surface area is 168 Å². The van der Waals surface area contributed by atoms with Crippen molar-refractivity contribution >= 4 is 15.5 Å². The van der Waals surface area contributed by atoms with Crippen LogP contribution < -0.4 is 10.3 Å². The van der Waals surface area contributed by atoms with Crippen molar-refractivity contribution in [3.05, 3.63) is 101 Å². The van der Waals surface area contributed by atoms with Gasteiger partial charge in [0.2, 0.25) is 9.84 Å². The fourth-order valence-corrected chi connectivity index (χ4v) is 4.33. The molecule has 0 unspecified atom stereocenters. The Balaban J connectivity index is 1.53. The van der Waals surface area contributed by atoms with E-state index in [1.54, 1.807) is 48.5 Å². The Morgan fingerprint density at radius 3 is 2.31 bits per heavy atom. The average Bonchev–Trinajstić information content (AvgIpc) is 2.73. The molecule has 0 radical (unpaired) electrons. The molecule has 7 heteroatoms. The van der Waals surface area contributed by atoms with Crippen molar-refractivity contribution in [2.24, 2.45) is 0 Å². The van der Waals surface area contributed by atoms with Gasteiger partial charge in [0, 0.05) is 11.8 Å². The van der Waals surface area contributed by atoms with Gasteiger partial charge in [-0.3, -0.25) is 9.20 Å². The first kappa shape index (κ1) is 18.9. The van der Waals surface area contributed by atoms with Gasteiger partial charge in [-0.2, -0.15) is 0 Å². The zero-order chi connectivity index (χ0) is 20.4. The highest BCUT2D eigenvalue weighted by Crippen LogP contribution is 2.23. The highest BCUT2D eigenvalue weighted by atomic mass is 32.2. The number of hydrogen-bond donors (Lipinski definition) is 0. The molecule has 0 saturated carbocycles. The van der Waals surface area contributed by atoms with E-state index in [-0.39, 0.29) is 22.0 Å². The number of aryl methyl sites for hydroxylation is 1. The minimum absolute atomic E-state index is 0.102. The van der Waals surface area contributed by atoms with E-state index in [0.717, 1.165) is 5.69 Å². The topological polar surface area (TPSA) is 77.7 Å². The second-order valence-corrected chi connectivity index (χ2v) is 8.47. The van der Waals surface area contributed by atoms with E-state index in [4.69, 9.17) is 4.74 Å². The number of aromatic nitrogens is 2. The third-order valence-corrected chi connectivity index (χ3v) is 6.29. The van der Waals surface area contributed by atoms with Crippen LogP contribution in [0.3, 0.4) is 0 Å². The van der Waals surface area contributed by atoms with Crippen LogP contribution in [0.5, 0.6) is 5.75 Å². The van der Waals surface area contributed by atoms with E-state index in [1.165, 1.54) is 22.6 Å². The Bertz CT molecular complexity index is 1330. The fraction of sp³-hybridized carbons (Fsp3) is 0.0909. The molecule has 2 aromatic heterocycles. The molecule has 0 amide bonds. The first-order valence-electron chi connectivity index (χ1n) is 8.96. The van der Waals surface area contributed by atoms with Gasteiger partial charge < -0.3 is 4.74 Å². The first-order valence-corrected chi connectivity index (χ1v) is 10.4. The van der Waals surface area contributed by atoms with E-state index in [0.29, 0.717) is 17.1 Å². The molecule has 0 aliphatic carbocycles. The van der Waals surface area contributed by atoms with Gasteiger partial charge in [-0.25, -0.2) is 13.4 Å². The summed E-state index contributed by atoms with van der Waals surface area (Å²) in [6.07, 6.45) is 0. The Hall–Kier alpha value is -3.45. The van der Waals surface area contributed by atoms with Gasteiger partial charge in [-0.15, -0.1) is 0 Å². The third-order valence-electron chi connectivity index (χ3n) is 4.51. The predicted molar refractivity (Wildman–Crippen MR) is 109 cm³/mol. The van der Waals surface area contributed by atoms with Crippen LogP contribution in [0.25, 0.3) is 5.65 Å². The third kappa shape index (κ3) is 3.77. The summed E-state index contributed by atoms with van der Waals surface area (Å²) >= 11 is 0. The zero-order valence-corrected chi connectivity index (χ0v) is 16.5. The molecule has 146 valence electrons. The second kappa shape index (κ2) is 7.52. The number of benzene rings is 2. The lowest BCUT2D eigenvalue weighted by molar-refractivity contribution is 0.301. The van der Waals surface area contributed by atoms with Crippen LogP contribution in [0, 0.1) is 6.92 Å². The summed E-state index contributed by atoms with van der Waals surface area (Å²) in [6.45, 7) is 1.95. The summed E-state index contributed by atoms with van der Waals surface area (Å²) < 4.78 is 32.5. The van der Waals surface area contributed by atoms with Crippen LogP contribution in [0.2, 0.25) is 0 Å². The van der Waals surface area contributed by atoms with Crippen LogP contribution in [-0.4, -0.2) is 17.8 Å². The van der Waals surface area contributed by atoms with Crippen LogP contribution in [0.1, 0.15) is 11.4 Å². The Kier molecular flexibility index (Phi) is 4.90. The van der Waals surface area contributed by atoms with Gasteiger partial charge >= 0.3 is 0 Å². The Morgan fingerprint density at radius 1 is 0.897 bits per heavy atom. The number of nitrogens with zero attached hydrogens (tertiary/aromatic N) is 2. The molecule has 2 heterocycles. The molecule has 0 fully saturated rings. The molecule has 0 bridgehead atoms. The molecule has 0 aliphatic heterocycles. The number of sulfone groups is 1. The summed E-state index contributed by atoms with van der Waals surface area (Å²) in [5.41, 5.74) is 1.70.